The lowest BCUT2D eigenvalue weighted by Gasteiger charge is -2.14. The van der Waals surface area contributed by atoms with Gasteiger partial charge in [0.25, 0.3) is 0 Å². The number of carbonyl (C=O) groups excluding carboxylic acids is 2. The molecule has 186 valence electrons. The summed E-state index contributed by atoms with van der Waals surface area (Å²) in [6.45, 7) is 2.06. The lowest BCUT2D eigenvalue weighted by atomic mass is 10.0. The fourth-order valence-electron chi connectivity index (χ4n) is 4.25. The topological polar surface area (TPSA) is 103 Å². The van der Waals surface area contributed by atoms with Gasteiger partial charge in [0.05, 0.1) is 44.0 Å². The molecule has 0 aliphatic heterocycles. The van der Waals surface area contributed by atoms with Crippen LogP contribution < -0.4 is 14.8 Å². The smallest absolute Gasteiger partial charge is 0.340 e. The van der Waals surface area contributed by atoms with E-state index >= 15 is 0 Å². The number of amides is 1. The van der Waals surface area contributed by atoms with E-state index < -0.39 is 5.97 Å². The highest BCUT2D eigenvalue weighted by Crippen LogP contribution is 2.34. The first-order valence-electron chi connectivity index (χ1n) is 11.6. The Morgan fingerprint density at radius 2 is 1.78 bits per heavy atom. The van der Waals surface area contributed by atoms with Crippen LogP contribution in [0.5, 0.6) is 11.5 Å². The van der Waals surface area contributed by atoms with E-state index in [0.717, 1.165) is 33.4 Å². The van der Waals surface area contributed by atoms with Crippen LogP contribution in [0.1, 0.15) is 34.3 Å². The van der Waals surface area contributed by atoms with Gasteiger partial charge in [-0.1, -0.05) is 17.7 Å². The highest BCUT2D eigenvalue weighted by molar-refractivity contribution is 6.02. The summed E-state index contributed by atoms with van der Waals surface area (Å²) in [5, 5.41) is 3.96. The number of fused-ring (bicyclic) bond motifs is 1. The van der Waals surface area contributed by atoms with Crippen molar-refractivity contribution < 1.29 is 23.8 Å². The zero-order valence-corrected chi connectivity index (χ0v) is 20.8. The molecule has 0 spiro atoms. The van der Waals surface area contributed by atoms with Gasteiger partial charge in [0, 0.05) is 35.7 Å². The number of nitrogens with zero attached hydrogens (tertiary/aromatic N) is 1. The van der Waals surface area contributed by atoms with Crippen LogP contribution in [0.15, 0.2) is 54.7 Å². The fraction of sp³-hybridized carbons (Fsp3) is 0.250. The van der Waals surface area contributed by atoms with Gasteiger partial charge < -0.3 is 24.5 Å². The Bertz CT molecular complexity index is 1400. The molecule has 8 nitrogen and oxygen atoms in total. The number of benzene rings is 2. The number of H-pyrrole nitrogens is 1. The average Bonchev–Trinajstić information content (AvgIpc) is 3.26. The van der Waals surface area contributed by atoms with E-state index in [9.17, 15) is 9.59 Å². The molecular weight excluding hydrogens is 458 g/mol. The van der Waals surface area contributed by atoms with Crippen LogP contribution >= 0.6 is 0 Å². The number of carbonyl (C=O) groups is 2. The molecule has 0 fully saturated rings. The molecule has 0 saturated carbocycles. The Morgan fingerprint density at radius 3 is 2.47 bits per heavy atom. The SMILES string of the molecule is COC(=O)c1cc(OC)c(OC)cc1NC(=O)CCCc1c(-c2ccccn2)[nH]c2ccc(C)cc12. The molecule has 2 N–H and O–H groups in total. The summed E-state index contributed by atoms with van der Waals surface area (Å²) in [6, 6.07) is 15.2. The van der Waals surface area contributed by atoms with E-state index in [4.69, 9.17) is 14.2 Å². The molecule has 2 aromatic heterocycles. The minimum atomic E-state index is -0.583. The maximum absolute atomic E-state index is 12.9. The summed E-state index contributed by atoms with van der Waals surface area (Å²) in [5.41, 5.74) is 5.64. The molecule has 0 aliphatic carbocycles. The van der Waals surface area contributed by atoms with Gasteiger partial charge >= 0.3 is 5.97 Å². The second-order valence-electron chi connectivity index (χ2n) is 8.39. The van der Waals surface area contributed by atoms with Crippen LogP contribution in [-0.2, 0) is 16.0 Å². The van der Waals surface area contributed by atoms with E-state index in [1.807, 2.05) is 18.2 Å². The Morgan fingerprint density at radius 1 is 1.00 bits per heavy atom. The molecule has 2 aromatic carbocycles. The van der Waals surface area contributed by atoms with Crippen molar-refractivity contribution in [3.63, 3.8) is 0 Å². The van der Waals surface area contributed by atoms with Crippen LogP contribution in [0.3, 0.4) is 0 Å². The third-order valence-corrected chi connectivity index (χ3v) is 6.02. The van der Waals surface area contributed by atoms with E-state index in [2.05, 4.69) is 40.4 Å². The van der Waals surface area contributed by atoms with Crippen molar-refractivity contribution in [1.29, 1.82) is 0 Å². The Labute approximate surface area is 209 Å². The summed E-state index contributed by atoms with van der Waals surface area (Å²) < 4.78 is 15.5. The number of aromatic amines is 1. The number of nitrogens with one attached hydrogen (secondary N) is 2. The fourth-order valence-corrected chi connectivity index (χ4v) is 4.25. The average molecular weight is 488 g/mol. The minimum Gasteiger partial charge on any atom is -0.493 e. The van der Waals surface area contributed by atoms with Gasteiger partial charge in [-0.3, -0.25) is 9.78 Å². The molecule has 2 heterocycles. The number of hydrogen-bond donors (Lipinski definition) is 2. The predicted octanol–water partition coefficient (Wildman–Crippen LogP) is 5.30. The quantitative estimate of drug-likeness (QED) is 0.311. The first kappa shape index (κ1) is 24.8. The van der Waals surface area contributed by atoms with Gasteiger partial charge in [0.15, 0.2) is 11.5 Å². The van der Waals surface area contributed by atoms with Gasteiger partial charge in [0.2, 0.25) is 5.91 Å². The summed E-state index contributed by atoms with van der Waals surface area (Å²) in [5.74, 6) is -0.0367. The zero-order valence-electron chi connectivity index (χ0n) is 20.8. The van der Waals surface area contributed by atoms with Crippen molar-refractivity contribution in [2.45, 2.75) is 26.2 Å². The van der Waals surface area contributed by atoms with Crippen LogP contribution in [0.25, 0.3) is 22.3 Å². The summed E-state index contributed by atoms with van der Waals surface area (Å²) >= 11 is 0. The number of hydrogen-bond acceptors (Lipinski definition) is 6. The highest BCUT2D eigenvalue weighted by atomic mass is 16.5. The van der Waals surface area contributed by atoms with Crippen molar-refractivity contribution in [2.24, 2.45) is 0 Å². The van der Waals surface area contributed by atoms with Crippen molar-refractivity contribution in [1.82, 2.24) is 9.97 Å². The maximum atomic E-state index is 12.9. The summed E-state index contributed by atoms with van der Waals surface area (Å²) in [6.07, 6.45) is 3.31. The Hall–Kier alpha value is -4.33. The number of rotatable bonds is 9. The molecular formula is C28H29N3O5. The van der Waals surface area contributed by atoms with Crippen LogP contribution in [-0.4, -0.2) is 43.2 Å². The van der Waals surface area contributed by atoms with E-state index in [1.165, 1.54) is 27.4 Å². The molecule has 1 amide bonds. The highest BCUT2D eigenvalue weighted by Gasteiger charge is 2.20. The molecule has 4 rings (SSSR count). The van der Waals surface area contributed by atoms with E-state index in [0.29, 0.717) is 30.0 Å². The number of methoxy groups -OCH3 is 3. The number of aryl methyl sites for hydroxylation is 2. The van der Waals surface area contributed by atoms with Gasteiger partial charge in [-0.15, -0.1) is 0 Å². The third kappa shape index (κ3) is 5.17. The van der Waals surface area contributed by atoms with Gasteiger partial charge in [0.1, 0.15) is 0 Å². The first-order chi connectivity index (χ1) is 17.4. The van der Waals surface area contributed by atoms with E-state index in [-0.39, 0.29) is 17.9 Å². The Kier molecular flexibility index (Phi) is 7.53. The Balaban J connectivity index is 1.54. The van der Waals surface area contributed by atoms with Crippen LogP contribution in [0.2, 0.25) is 0 Å². The van der Waals surface area contributed by atoms with Crippen LogP contribution in [0, 0.1) is 6.92 Å². The maximum Gasteiger partial charge on any atom is 0.340 e. The van der Waals surface area contributed by atoms with Crippen molar-refractivity contribution in [2.75, 3.05) is 26.6 Å². The van der Waals surface area contributed by atoms with Crippen molar-refractivity contribution in [3.8, 4) is 22.9 Å². The predicted molar refractivity (Wildman–Crippen MR) is 139 cm³/mol. The standard InChI is InChI=1S/C28H29N3O5/c1-17-11-12-21-19(14-17)18(27(31-21)22-9-5-6-13-29-22)8-7-10-26(32)30-23-16-25(35-3)24(34-2)15-20(23)28(33)36-4/h5-6,9,11-16,31H,7-8,10H2,1-4H3,(H,30,32). The number of esters is 1. The molecule has 0 unspecified atom stereocenters. The molecule has 4 aromatic rings. The van der Waals surface area contributed by atoms with Gasteiger partial charge in [-0.2, -0.15) is 0 Å². The summed E-state index contributed by atoms with van der Waals surface area (Å²) in [7, 11) is 4.25. The van der Waals surface area contributed by atoms with Gasteiger partial charge in [-0.05, 0) is 49.6 Å². The van der Waals surface area contributed by atoms with Crippen molar-refractivity contribution >= 4 is 28.5 Å². The summed E-state index contributed by atoms with van der Waals surface area (Å²) in [4.78, 5) is 33.2. The molecule has 8 heteroatoms. The van der Waals surface area contributed by atoms with E-state index in [1.54, 1.807) is 12.3 Å². The number of anilines is 1. The molecule has 36 heavy (non-hydrogen) atoms. The first-order valence-corrected chi connectivity index (χ1v) is 11.6. The number of ether oxygens (including phenoxy) is 3. The molecule has 0 aliphatic rings. The second kappa shape index (κ2) is 10.9. The molecule has 0 bridgehead atoms. The third-order valence-electron chi connectivity index (χ3n) is 6.02. The second-order valence-corrected chi connectivity index (χ2v) is 8.39. The lowest BCUT2D eigenvalue weighted by Crippen LogP contribution is -2.15. The number of aromatic nitrogens is 2. The normalized spacial score (nSPS) is 10.8. The van der Waals surface area contributed by atoms with Gasteiger partial charge in [-0.25, -0.2) is 4.79 Å². The minimum absolute atomic E-state index is 0.188. The monoisotopic (exact) mass is 487 g/mol. The number of pyridine rings is 1. The van der Waals surface area contributed by atoms with Crippen LogP contribution in [0.4, 0.5) is 5.69 Å². The lowest BCUT2D eigenvalue weighted by molar-refractivity contribution is -0.116. The largest absolute Gasteiger partial charge is 0.493 e. The molecule has 0 radical (unpaired) electrons. The van der Waals surface area contributed by atoms with Crippen molar-refractivity contribution in [3.05, 3.63) is 71.4 Å². The zero-order chi connectivity index (χ0) is 25.7. The molecule has 0 atom stereocenters. The molecule has 0 saturated heterocycles.